The molecule has 0 aliphatic heterocycles. The van der Waals surface area contributed by atoms with Crippen LogP contribution in [0.25, 0.3) is 0 Å². The van der Waals surface area contributed by atoms with Crippen LogP contribution >= 0.6 is 11.8 Å². The number of aliphatic carboxylic acids is 1. The second-order valence-corrected chi connectivity index (χ2v) is 3.71. The van der Waals surface area contributed by atoms with E-state index in [4.69, 9.17) is 5.11 Å². The van der Waals surface area contributed by atoms with Gasteiger partial charge in [0.05, 0.1) is 5.69 Å². The summed E-state index contributed by atoms with van der Waals surface area (Å²) in [7, 11) is 0. The van der Waals surface area contributed by atoms with E-state index in [0.717, 1.165) is 17.0 Å². The Labute approximate surface area is 97.4 Å². The lowest BCUT2D eigenvalue weighted by atomic mass is 10.3. The first kappa shape index (κ1) is 12.3. The maximum Gasteiger partial charge on any atom is 0.328 e. The highest BCUT2D eigenvalue weighted by Gasteiger charge is 2.03. The summed E-state index contributed by atoms with van der Waals surface area (Å²) < 4.78 is 0. The number of thioether (sulfide) groups is 1. The maximum atomic E-state index is 11.3. The van der Waals surface area contributed by atoms with Crippen LogP contribution in [0.3, 0.4) is 0 Å². The maximum absolute atomic E-state index is 11.3. The minimum absolute atomic E-state index is 0.455. The van der Waals surface area contributed by atoms with Gasteiger partial charge in [0.2, 0.25) is 5.91 Å². The highest BCUT2D eigenvalue weighted by atomic mass is 32.2. The number of amides is 1. The number of carbonyl (C=O) groups excluding carboxylic acids is 1. The fourth-order valence-corrected chi connectivity index (χ4v) is 1.62. The van der Waals surface area contributed by atoms with Crippen LogP contribution in [-0.4, -0.2) is 23.2 Å². The van der Waals surface area contributed by atoms with Crippen molar-refractivity contribution in [2.45, 2.75) is 4.90 Å². The summed E-state index contributed by atoms with van der Waals surface area (Å²) in [5, 5.41) is 11.0. The van der Waals surface area contributed by atoms with E-state index in [0.29, 0.717) is 5.69 Å². The highest BCUT2D eigenvalue weighted by molar-refractivity contribution is 7.98. The molecule has 0 atom stereocenters. The quantitative estimate of drug-likeness (QED) is 0.620. The average Bonchev–Trinajstić information content (AvgIpc) is 2.27. The molecule has 16 heavy (non-hydrogen) atoms. The Bertz CT molecular complexity index is 429. The molecule has 0 radical (unpaired) electrons. The number of rotatable bonds is 4. The zero-order valence-corrected chi connectivity index (χ0v) is 9.45. The molecular formula is C11H11NO3S. The van der Waals surface area contributed by atoms with Crippen LogP contribution in [-0.2, 0) is 9.59 Å². The Morgan fingerprint density at radius 1 is 1.31 bits per heavy atom. The van der Waals surface area contributed by atoms with Gasteiger partial charge in [-0.25, -0.2) is 4.79 Å². The van der Waals surface area contributed by atoms with Crippen molar-refractivity contribution < 1.29 is 14.7 Å². The number of carbonyl (C=O) groups is 2. The van der Waals surface area contributed by atoms with E-state index in [9.17, 15) is 9.59 Å². The third-order valence-electron chi connectivity index (χ3n) is 1.74. The minimum Gasteiger partial charge on any atom is -0.478 e. The molecule has 84 valence electrons. The van der Waals surface area contributed by atoms with Crippen LogP contribution in [0.2, 0.25) is 0 Å². The molecule has 0 aliphatic carbocycles. The number of para-hydroxylation sites is 1. The van der Waals surface area contributed by atoms with Gasteiger partial charge in [0.1, 0.15) is 0 Å². The lowest BCUT2D eigenvalue weighted by Crippen LogP contribution is -2.09. The van der Waals surface area contributed by atoms with E-state index >= 15 is 0 Å². The number of hydrogen-bond acceptors (Lipinski definition) is 3. The van der Waals surface area contributed by atoms with Gasteiger partial charge in [-0.15, -0.1) is 11.8 Å². The summed E-state index contributed by atoms with van der Waals surface area (Å²) >= 11 is 1.51. The standard InChI is InChI=1S/C11H11NO3S/c1-16-9-5-3-2-4-8(9)12-10(13)6-7-11(14)15/h2-7H,1H3,(H,12,13)(H,14,15). The van der Waals surface area contributed by atoms with Gasteiger partial charge in [0, 0.05) is 17.0 Å². The van der Waals surface area contributed by atoms with E-state index in [1.165, 1.54) is 11.8 Å². The molecular weight excluding hydrogens is 226 g/mol. The largest absolute Gasteiger partial charge is 0.478 e. The Morgan fingerprint density at radius 3 is 2.62 bits per heavy atom. The van der Waals surface area contributed by atoms with Crippen LogP contribution in [0.15, 0.2) is 41.3 Å². The van der Waals surface area contributed by atoms with Crippen molar-refractivity contribution in [2.75, 3.05) is 11.6 Å². The third kappa shape index (κ3) is 3.78. The Kier molecular flexibility index (Phi) is 4.60. The van der Waals surface area contributed by atoms with Gasteiger partial charge in [0.25, 0.3) is 0 Å². The van der Waals surface area contributed by atoms with Crippen molar-refractivity contribution in [3.8, 4) is 0 Å². The molecule has 0 fully saturated rings. The molecule has 1 rings (SSSR count). The molecule has 1 aromatic rings. The fourth-order valence-electron chi connectivity index (χ4n) is 1.07. The first-order chi connectivity index (χ1) is 7.63. The molecule has 0 aliphatic rings. The molecule has 2 N–H and O–H groups in total. The molecule has 1 aromatic carbocycles. The SMILES string of the molecule is CSc1ccccc1NC(=O)C=CC(=O)O. The summed E-state index contributed by atoms with van der Waals surface area (Å²) in [5.41, 5.74) is 0.676. The van der Waals surface area contributed by atoms with Crippen LogP contribution in [0.4, 0.5) is 5.69 Å². The molecule has 0 saturated heterocycles. The number of anilines is 1. The minimum atomic E-state index is -1.15. The van der Waals surface area contributed by atoms with Crippen LogP contribution < -0.4 is 5.32 Å². The Hall–Kier alpha value is -1.75. The lowest BCUT2D eigenvalue weighted by molar-refractivity contribution is -0.131. The van der Waals surface area contributed by atoms with Gasteiger partial charge < -0.3 is 10.4 Å². The normalized spacial score (nSPS) is 10.3. The van der Waals surface area contributed by atoms with E-state index in [1.807, 2.05) is 18.4 Å². The van der Waals surface area contributed by atoms with Crippen molar-refractivity contribution in [3.63, 3.8) is 0 Å². The molecule has 0 bridgehead atoms. The fraction of sp³-hybridized carbons (Fsp3) is 0.0909. The Morgan fingerprint density at radius 2 is 2.00 bits per heavy atom. The van der Waals surface area contributed by atoms with E-state index in [2.05, 4.69) is 5.32 Å². The topological polar surface area (TPSA) is 66.4 Å². The third-order valence-corrected chi connectivity index (χ3v) is 2.54. The van der Waals surface area contributed by atoms with Gasteiger partial charge in [-0.3, -0.25) is 4.79 Å². The summed E-state index contributed by atoms with van der Waals surface area (Å²) in [6.07, 6.45) is 3.69. The summed E-state index contributed by atoms with van der Waals surface area (Å²) in [5.74, 6) is -1.60. The second-order valence-electron chi connectivity index (χ2n) is 2.86. The van der Waals surface area contributed by atoms with Gasteiger partial charge >= 0.3 is 5.97 Å². The average molecular weight is 237 g/mol. The molecule has 0 spiro atoms. The van der Waals surface area contributed by atoms with Crippen molar-refractivity contribution in [2.24, 2.45) is 0 Å². The summed E-state index contributed by atoms with van der Waals surface area (Å²) in [4.78, 5) is 22.5. The summed E-state index contributed by atoms with van der Waals surface area (Å²) in [6, 6.07) is 7.31. The van der Waals surface area contributed by atoms with Crippen LogP contribution in [0, 0.1) is 0 Å². The number of benzene rings is 1. The summed E-state index contributed by atoms with van der Waals surface area (Å²) in [6.45, 7) is 0. The Balaban J connectivity index is 2.73. The predicted octanol–water partition coefficient (Wildman–Crippen LogP) is 1.99. The van der Waals surface area contributed by atoms with Gasteiger partial charge in [-0.1, -0.05) is 12.1 Å². The molecule has 4 nitrogen and oxygen atoms in total. The first-order valence-electron chi connectivity index (χ1n) is 4.48. The molecule has 5 heteroatoms. The van der Waals surface area contributed by atoms with Crippen molar-refractivity contribution in [1.82, 2.24) is 0 Å². The first-order valence-corrected chi connectivity index (χ1v) is 5.71. The zero-order chi connectivity index (χ0) is 12.0. The van der Waals surface area contributed by atoms with Crippen molar-refractivity contribution >= 4 is 29.3 Å². The van der Waals surface area contributed by atoms with Gasteiger partial charge in [-0.05, 0) is 18.4 Å². The number of carboxylic acids is 1. The monoisotopic (exact) mass is 237 g/mol. The van der Waals surface area contributed by atoms with Gasteiger partial charge in [0.15, 0.2) is 0 Å². The van der Waals surface area contributed by atoms with E-state index < -0.39 is 11.9 Å². The highest BCUT2D eigenvalue weighted by Crippen LogP contribution is 2.24. The zero-order valence-electron chi connectivity index (χ0n) is 8.64. The van der Waals surface area contributed by atoms with E-state index in [-0.39, 0.29) is 0 Å². The predicted molar refractivity (Wildman–Crippen MR) is 63.6 cm³/mol. The number of carboxylic acid groups (broad SMARTS) is 1. The number of hydrogen-bond donors (Lipinski definition) is 2. The van der Waals surface area contributed by atoms with Crippen molar-refractivity contribution in [1.29, 1.82) is 0 Å². The molecule has 0 unspecified atom stereocenters. The molecule has 0 heterocycles. The van der Waals surface area contributed by atoms with E-state index in [1.54, 1.807) is 12.1 Å². The van der Waals surface area contributed by atoms with Crippen molar-refractivity contribution in [3.05, 3.63) is 36.4 Å². The number of nitrogens with one attached hydrogen (secondary N) is 1. The molecule has 0 aromatic heterocycles. The smallest absolute Gasteiger partial charge is 0.328 e. The molecule has 1 amide bonds. The van der Waals surface area contributed by atoms with Crippen LogP contribution in [0.1, 0.15) is 0 Å². The van der Waals surface area contributed by atoms with Crippen LogP contribution in [0.5, 0.6) is 0 Å². The second kappa shape index (κ2) is 5.97. The molecule has 0 saturated carbocycles. The lowest BCUT2D eigenvalue weighted by Gasteiger charge is -2.06. The van der Waals surface area contributed by atoms with Gasteiger partial charge in [-0.2, -0.15) is 0 Å².